The Morgan fingerprint density at radius 3 is 2.78 bits per heavy atom. The summed E-state index contributed by atoms with van der Waals surface area (Å²) in [5.41, 5.74) is 7.79. The second-order valence-corrected chi connectivity index (χ2v) is 5.10. The van der Waals surface area contributed by atoms with E-state index in [-0.39, 0.29) is 0 Å². The SMILES string of the molecule is Cc1ccnc(NCCCCN(C)C(C)C)c1N. The lowest BCUT2D eigenvalue weighted by Crippen LogP contribution is -2.27. The maximum Gasteiger partial charge on any atom is 0.149 e. The van der Waals surface area contributed by atoms with Gasteiger partial charge in [0, 0.05) is 18.8 Å². The van der Waals surface area contributed by atoms with Crippen molar-refractivity contribution in [1.82, 2.24) is 9.88 Å². The lowest BCUT2D eigenvalue weighted by molar-refractivity contribution is 0.269. The summed E-state index contributed by atoms with van der Waals surface area (Å²) < 4.78 is 0. The molecular weight excluding hydrogens is 224 g/mol. The van der Waals surface area contributed by atoms with E-state index >= 15 is 0 Å². The average molecular weight is 250 g/mol. The molecule has 0 aliphatic rings. The van der Waals surface area contributed by atoms with Crippen molar-refractivity contribution < 1.29 is 0 Å². The number of anilines is 2. The van der Waals surface area contributed by atoms with Gasteiger partial charge < -0.3 is 16.0 Å². The van der Waals surface area contributed by atoms with Gasteiger partial charge in [0.1, 0.15) is 5.82 Å². The van der Waals surface area contributed by atoms with E-state index in [4.69, 9.17) is 5.73 Å². The van der Waals surface area contributed by atoms with Crippen molar-refractivity contribution in [3.63, 3.8) is 0 Å². The average Bonchev–Trinajstić information content (AvgIpc) is 2.33. The highest BCUT2D eigenvalue weighted by atomic mass is 15.1. The largest absolute Gasteiger partial charge is 0.396 e. The molecule has 102 valence electrons. The van der Waals surface area contributed by atoms with Crippen LogP contribution in [0.5, 0.6) is 0 Å². The standard InChI is InChI=1S/C14H26N4/c1-11(2)18(4)10-6-5-8-16-14-13(15)12(3)7-9-17-14/h7,9,11H,5-6,8,10,15H2,1-4H3,(H,16,17). The maximum atomic E-state index is 5.95. The van der Waals surface area contributed by atoms with Crippen LogP contribution in [-0.4, -0.2) is 36.1 Å². The second kappa shape index (κ2) is 7.21. The van der Waals surface area contributed by atoms with Gasteiger partial charge in [0.25, 0.3) is 0 Å². The molecule has 0 amide bonds. The molecule has 0 unspecified atom stereocenters. The van der Waals surface area contributed by atoms with Gasteiger partial charge in [-0.25, -0.2) is 4.98 Å². The quantitative estimate of drug-likeness (QED) is 0.730. The van der Waals surface area contributed by atoms with Gasteiger partial charge in [-0.15, -0.1) is 0 Å². The van der Waals surface area contributed by atoms with Gasteiger partial charge in [-0.1, -0.05) is 0 Å². The zero-order chi connectivity index (χ0) is 13.5. The van der Waals surface area contributed by atoms with Crippen LogP contribution in [0.25, 0.3) is 0 Å². The smallest absolute Gasteiger partial charge is 0.149 e. The minimum Gasteiger partial charge on any atom is -0.396 e. The summed E-state index contributed by atoms with van der Waals surface area (Å²) in [6.45, 7) is 8.49. The van der Waals surface area contributed by atoms with E-state index in [2.05, 4.69) is 36.1 Å². The fraction of sp³-hybridized carbons (Fsp3) is 0.643. The number of hydrogen-bond donors (Lipinski definition) is 2. The van der Waals surface area contributed by atoms with Crippen molar-refractivity contribution in [3.8, 4) is 0 Å². The predicted octanol–water partition coefficient (Wildman–Crippen LogP) is 2.50. The minimum absolute atomic E-state index is 0.618. The Hall–Kier alpha value is -1.29. The molecule has 1 heterocycles. The predicted molar refractivity (Wildman–Crippen MR) is 78.9 cm³/mol. The molecule has 18 heavy (non-hydrogen) atoms. The zero-order valence-electron chi connectivity index (χ0n) is 12.0. The third-order valence-electron chi connectivity index (χ3n) is 3.32. The number of nitrogens with zero attached hydrogens (tertiary/aromatic N) is 2. The molecule has 0 saturated carbocycles. The van der Waals surface area contributed by atoms with Crippen LogP contribution in [0, 0.1) is 6.92 Å². The van der Waals surface area contributed by atoms with Gasteiger partial charge in [0.2, 0.25) is 0 Å². The molecule has 1 rings (SSSR count). The molecule has 4 nitrogen and oxygen atoms in total. The Balaban J connectivity index is 2.24. The molecule has 0 bridgehead atoms. The first-order chi connectivity index (χ1) is 8.52. The minimum atomic E-state index is 0.618. The summed E-state index contributed by atoms with van der Waals surface area (Å²) in [7, 11) is 2.16. The highest BCUT2D eigenvalue weighted by molar-refractivity contribution is 5.64. The first-order valence-electron chi connectivity index (χ1n) is 6.67. The lowest BCUT2D eigenvalue weighted by Gasteiger charge is -2.20. The van der Waals surface area contributed by atoms with Crippen molar-refractivity contribution in [2.24, 2.45) is 0 Å². The van der Waals surface area contributed by atoms with E-state index < -0.39 is 0 Å². The molecule has 0 aromatic carbocycles. The van der Waals surface area contributed by atoms with Crippen LogP contribution in [0.2, 0.25) is 0 Å². The van der Waals surface area contributed by atoms with E-state index in [1.54, 1.807) is 6.20 Å². The summed E-state index contributed by atoms with van der Waals surface area (Å²) >= 11 is 0. The molecule has 0 radical (unpaired) electrons. The fourth-order valence-corrected chi connectivity index (χ4v) is 1.66. The summed E-state index contributed by atoms with van der Waals surface area (Å²) in [6.07, 6.45) is 4.11. The number of nitrogens with one attached hydrogen (secondary N) is 1. The van der Waals surface area contributed by atoms with E-state index in [1.165, 1.54) is 6.42 Å². The number of pyridine rings is 1. The van der Waals surface area contributed by atoms with E-state index in [0.717, 1.165) is 36.6 Å². The van der Waals surface area contributed by atoms with Crippen molar-refractivity contribution >= 4 is 11.5 Å². The van der Waals surface area contributed by atoms with Gasteiger partial charge in [-0.3, -0.25) is 0 Å². The number of unbranched alkanes of at least 4 members (excludes halogenated alkanes) is 1. The van der Waals surface area contributed by atoms with Crippen molar-refractivity contribution in [2.75, 3.05) is 31.2 Å². The first-order valence-corrected chi connectivity index (χ1v) is 6.67. The van der Waals surface area contributed by atoms with Crippen LogP contribution in [0.4, 0.5) is 11.5 Å². The van der Waals surface area contributed by atoms with Crippen LogP contribution >= 0.6 is 0 Å². The zero-order valence-corrected chi connectivity index (χ0v) is 12.0. The highest BCUT2D eigenvalue weighted by Crippen LogP contribution is 2.18. The number of aromatic nitrogens is 1. The first kappa shape index (κ1) is 14.8. The third kappa shape index (κ3) is 4.53. The molecule has 0 spiro atoms. The van der Waals surface area contributed by atoms with Gasteiger partial charge in [-0.05, 0) is 58.8 Å². The van der Waals surface area contributed by atoms with Gasteiger partial charge >= 0.3 is 0 Å². The molecule has 0 saturated heterocycles. The molecule has 0 aliphatic carbocycles. The van der Waals surface area contributed by atoms with Crippen LogP contribution in [0.3, 0.4) is 0 Å². The summed E-state index contributed by atoms with van der Waals surface area (Å²) in [5.74, 6) is 0.812. The summed E-state index contributed by atoms with van der Waals surface area (Å²) in [4.78, 5) is 6.61. The number of rotatable bonds is 7. The highest BCUT2D eigenvalue weighted by Gasteiger charge is 2.03. The van der Waals surface area contributed by atoms with Gasteiger partial charge in [0.15, 0.2) is 0 Å². The Labute approximate surface area is 111 Å². The normalized spacial score (nSPS) is 11.2. The molecule has 4 heteroatoms. The second-order valence-electron chi connectivity index (χ2n) is 5.10. The maximum absolute atomic E-state index is 5.95. The Morgan fingerprint density at radius 2 is 2.11 bits per heavy atom. The summed E-state index contributed by atoms with van der Waals surface area (Å²) in [6, 6.07) is 2.55. The van der Waals surface area contributed by atoms with Crippen LogP contribution in [-0.2, 0) is 0 Å². The third-order valence-corrected chi connectivity index (χ3v) is 3.32. The van der Waals surface area contributed by atoms with Crippen molar-refractivity contribution in [1.29, 1.82) is 0 Å². The van der Waals surface area contributed by atoms with Crippen LogP contribution in [0.15, 0.2) is 12.3 Å². The molecular formula is C14H26N4. The lowest BCUT2D eigenvalue weighted by atomic mass is 10.2. The number of nitrogen functional groups attached to an aromatic ring is 1. The Kier molecular flexibility index (Phi) is 5.92. The Morgan fingerprint density at radius 1 is 1.39 bits per heavy atom. The van der Waals surface area contributed by atoms with Gasteiger partial charge in [0.05, 0.1) is 5.69 Å². The molecule has 1 aromatic rings. The topological polar surface area (TPSA) is 54.2 Å². The molecule has 3 N–H and O–H groups in total. The number of hydrogen-bond acceptors (Lipinski definition) is 4. The fourth-order valence-electron chi connectivity index (χ4n) is 1.66. The van der Waals surface area contributed by atoms with E-state index in [0.29, 0.717) is 6.04 Å². The molecule has 0 aliphatic heterocycles. The Bertz CT molecular complexity index is 363. The van der Waals surface area contributed by atoms with Gasteiger partial charge in [-0.2, -0.15) is 0 Å². The van der Waals surface area contributed by atoms with E-state index in [9.17, 15) is 0 Å². The molecule has 1 aromatic heterocycles. The van der Waals surface area contributed by atoms with E-state index in [1.807, 2.05) is 13.0 Å². The molecule has 0 atom stereocenters. The van der Waals surface area contributed by atoms with Crippen molar-refractivity contribution in [3.05, 3.63) is 17.8 Å². The number of nitrogens with two attached hydrogens (primary N) is 1. The summed E-state index contributed by atoms with van der Waals surface area (Å²) in [5, 5.41) is 3.30. The van der Waals surface area contributed by atoms with Crippen LogP contribution < -0.4 is 11.1 Å². The van der Waals surface area contributed by atoms with Crippen LogP contribution in [0.1, 0.15) is 32.3 Å². The van der Waals surface area contributed by atoms with Crippen molar-refractivity contribution in [2.45, 2.75) is 39.7 Å². The monoisotopic (exact) mass is 250 g/mol. The number of aryl methyl sites for hydroxylation is 1. The molecule has 0 fully saturated rings.